The monoisotopic (exact) mass is 397 g/mol. The molecule has 2 aliphatic carbocycles. The van der Waals surface area contributed by atoms with Crippen molar-refractivity contribution in [2.75, 3.05) is 20.7 Å². The van der Waals surface area contributed by atoms with Gasteiger partial charge in [-0.15, -0.1) is 0 Å². The van der Waals surface area contributed by atoms with Crippen LogP contribution in [0, 0.1) is 0 Å². The number of hydrogen-bond acceptors (Lipinski definition) is 7. The van der Waals surface area contributed by atoms with Gasteiger partial charge in [-0.1, -0.05) is 6.07 Å². The molecule has 0 saturated carbocycles. The number of hydrogen-bond donors (Lipinski definition) is 0. The molecule has 0 unspecified atom stereocenters. The molecule has 7 heteroatoms. The van der Waals surface area contributed by atoms with Crippen LogP contribution >= 0.6 is 0 Å². The van der Waals surface area contributed by atoms with Crippen molar-refractivity contribution in [2.45, 2.75) is 38.1 Å². The number of ether oxygens (including phenoxy) is 3. The lowest BCUT2D eigenvalue weighted by atomic mass is 9.58. The molecule has 1 heterocycles. The lowest BCUT2D eigenvalue weighted by molar-refractivity contribution is -0.139. The molecule has 3 aliphatic rings. The van der Waals surface area contributed by atoms with E-state index in [4.69, 9.17) is 14.2 Å². The van der Waals surface area contributed by atoms with Crippen LogP contribution in [0.15, 0.2) is 35.6 Å². The third-order valence-corrected chi connectivity index (χ3v) is 5.96. The van der Waals surface area contributed by atoms with Crippen LogP contribution < -0.4 is 9.47 Å². The Morgan fingerprint density at radius 3 is 2.55 bits per heavy atom. The normalized spacial score (nSPS) is 25.2. The molecule has 1 aromatic carbocycles. The quantitative estimate of drug-likeness (QED) is 0.570. The van der Waals surface area contributed by atoms with Gasteiger partial charge in [-0.3, -0.25) is 19.3 Å². The molecule has 152 valence electrons. The van der Waals surface area contributed by atoms with E-state index in [-0.39, 0.29) is 17.6 Å². The lowest BCUT2D eigenvalue weighted by Crippen LogP contribution is -2.54. The summed E-state index contributed by atoms with van der Waals surface area (Å²) in [5.74, 6) is -0.516. The van der Waals surface area contributed by atoms with Crippen molar-refractivity contribution in [3.05, 3.63) is 46.7 Å². The number of ketones is 1. The summed E-state index contributed by atoms with van der Waals surface area (Å²) in [4.78, 5) is 38.3. The predicted octanol–water partition coefficient (Wildman–Crippen LogP) is 2.07. The zero-order chi connectivity index (χ0) is 20.9. The fourth-order valence-electron chi connectivity index (χ4n) is 4.79. The van der Waals surface area contributed by atoms with Gasteiger partial charge in [-0.05, 0) is 55.8 Å². The SMILES string of the molecule is COc1ccc2c(c1OC(C)=O)[C@@]13C=C(OC(C)=O)C(=O)C=C1[C@H](C2)N(C)CC3. The Morgan fingerprint density at radius 1 is 1.17 bits per heavy atom. The molecule has 1 saturated heterocycles. The van der Waals surface area contributed by atoms with Gasteiger partial charge in [0.15, 0.2) is 17.3 Å². The van der Waals surface area contributed by atoms with Crippen LogP contribution in [0.4, 0.5) is 0 Å². The average Bonchev–Trinajstić information content (AvgIpc) is 2.64. The lowest BCUT2D eigenvalue weighted by Gasteiger charge is -2.52. The topological polar surface area (TPSA) is 82.1 Å². The first-order chi connectivity index (χ1) is 13.8. The number of rotatable bonds is 3. The van der Waals surface area contributed by atoms with Gasteiger partial charge in [0.05, 0.1) is 7.11 Å². The first kappa shape index (κ1) is 19.4. The van der Waals surface area contributed by atoms with Gasteiger partial charge in [0.25, 0.3) is 0 Å². The number of fused-ring (bicyclic) bond motifs is 1. The summed E-state index contributed by atoms with van der Waals surface area (Å²) in [5.41, 5.74) is 2.05. The van der Waals surface area contributed by atoms with Crippen LogP contribution in [0.3, 0.4) is 0 Å². The molecule has 1 fully saturated rings. The van der Waals surface area contributed by atoms with E-state index in [0.29, 0.717) is 24.3 Å². The summed E-state index contributed by atoms with van der Waals surface area (Å²) in [6.45, 7) is 3.39. The number of allylic oxidation sites excluding steroid dienone is 2. The number of piperidine rings is 1. The Kier molecular flexibility index (Phi) is 4.58. The maximum atomic E-state index is 12.7. The summed E-state index contributed by atoms with van der Waals surface area (Å²) < 4.78 is 16.3. The van der Waals surface area contributed by atoms with E-state index in [2.05, 4.69) is 4.90 Å². The predicted molar refractivity (Wildman–Crippen MR) is 104 cm³/mol. The van der Waals surface area contributed by atoms with E-state index in [0.717, 1.165) is 23.2 Å². The maximum absolute atomic E-state index is 12.7. The van der Waals surface area contributed by atoms with Gasteiger partial charge in [-0.2, -0.15) is 0 Å². The van der Waals surface area contributed by atoms with Crippen molar-refractivity contribution >= 4 is 17.7 Å². The number of carbonyl (C=O) groups is 3. The van der Waals surface area contributed by atoms with Crippen LogP contribution in [0.25, 0.3) is 0 Å². The zero-order valence-electron chi connectivity index (χ0n) is 16.9. The van der Waals surface area contributed by atoms with Crippen molar-refractivity contribution in [1.29, 1.82) is 0 Å². The second-order valence-corrected chi connectivity index (χ2v) is 7.71. The fraction of sp³-hybridized carbons (Fsp3) is 0.409. The van der Waals surface area contributed by atoms with E-state index in [1.165, 1.54) is 21.0 Å². The second-order valence-electron chi connectivity index (χ2n) is 7.71. The molecule has 2 atom stereocenters. The van der Waals surface area contributed by atoms with Crippen molar-refractivity contribution in [3.63, 3.8) is 0 Å². The number of carbonyl (C=O) groups excluding carboxylic acids is 3. The molecular formula is C22H23NO6. The standard InChI is InChI=1S/C22H23NO6/c1-12(24)28-19-11-22-7-8-23(3)16(15(22)10-17(19)26)9-14-5-6-18(27-4)21(20(14)22)29-13(2)25/h5-6,10-11,16H,7-9H2,1-4H3/t16-,22-/m0/s1. The van der Waals surface area contributed by atoms with E-state index in [1.54, 1.807) is 18.2 Å². The third kappa shape index (κ3) is 2.97. The first-order valence-corrected chi connectivity index (χ1v) is 9.53. The Hall–Kier alpha value is -2.93. The average molecular weight is 397 g/mol. The van der Waals surface area contributed by atoms with Crippen LogP contribution in [-0.2, 0) is 31.0 Å². The number of methoxy groups -OCH3 is 1. The number of esters is 2. The van der Waals surface area contributed by atoms with Gasteiger partial charge < -0.3 is 14.2 Å². The minimum Gasteiger partial charge on any atom is -0.493 e. The highest BCUT2D eigenvalue weighted by atomic mass is 16.6. The highest BCUT2D eigenvalue weighted by Gasteiger charge is 2.52. The van der Waals surface area contributed by atoms with E-state index < -0.39 is 17.4 Å². The molecule has 0 radical (unpaired) electrons. The smallest absolute Gasteiger partial charge is 0.308 e. The summed E-state index contributed by atoms with van der Waals surface area (Å²) in [6.07, 6.45) is 4.65. The molecule has 7 nitrogen and oxygen atoms in total. The largest absolute Gasteiger partial charge is 0.493 e. The molecule has 29 heavy (non-hydrogen) atoms. The molecule has 0 spiro atoms. The molecule has 2 bridgehead atoms. The number of likely N-dealkylation sites (N-methyl/N-ethyl adjacent to an activating group) is 1. The molecule has 4 rings (SSSR count). The molecule has 1 aliphatic heterocycles. The van der Waals surface area contributed by atoms with Crippen LogP contribution in [0.2, 0.25) is 0 Å². The molecular weight excluding hydrogens is 374 g/mol. The number of likely N-dealkylation sites (tertiary alicyclic amines) is 1. The third-order valence-electron chi connectivity index (χ3n) is 5.96. The summed E-state index contributed by atoms with van der Waals surface area (Å²) >= 11 is 0. The Labute approximate surface area is 168 Å². The Balaban J connectivity index is 2.02. The minimum atomic E-state index is -0.706. The van der Waals surface area contributed by atoms with Crippen LogP contribution in [0.5, 0.6) is 11.5 Å². The molecule has 0 N–H and O–H groups in total. The van der Waals surface area contributed by atoms with Crippen molar-refractivity contribution in [2.24, 2.45) is 0 Å². The van der Waals surface area contributed by atoms with Crippen LogP contribution in [-0.4, -0.2) is 49.4 Å². The number of benzene rings is 1. The zero-order valence-corrected chi connectivity index (χ0v) is 16.9. The molecule has 0 amide bonds. The second kappa shape index (κ2) is 6.84. The Bertz CT molecular complexity index is 991. The molecule has 0 aromatic heterocycles. The number of nitrogens with zero attached hydrogens (tertiary/aromatic N) is 1. The first-order valence-electron chi connectivity index (χ1n) is 9.53. The summed E-state index contributed by atoms with van der Waals surface area (Å²) in [5, 5.41) is 0. The van der Waals surface area contributed by atoms with Crippen molar-refractivity contribution in [1.82, 2.24) is 4.90 Å². The summed E-state index contributed by atoms with van der Waals surface area (Å²) in [7, 11) is 3.56. The van der Waals surface area contributed by atoms with E-state index in [9.17, 15) is 14.4 Å². The Morgan fingerprint density at radius 2 is 1.90 bits per heavy atom. The highest BCUT2D eigenvalue weighted by Crippen LogP contribution is 2.56. The van der Waals surface area contributed by atoms with Gasteiger partial charge >= 0.3 is 11.9 Å². The molecule has 1 aromatic rings. The van der Waals surface area contributed by atoms with Gasteiger partial charge in [-0.25, -0.2) is 0 Å². The maximum Gasteiger partial charge on any atom is 0.308 e. The van der Waals surface area contributed by atoms with Gasteiger partial charge in [0.2, 0.25) is 5.78 Å². The van der Waals surface area contributed by atoms with Gasteiger partial charge in [0.1, 0.15) is 0 Å². The highest BCUT2D eigenvalue weighted by molar-refractivity contribution is 6.06. The van der Waals surface area contributed by atoms with E-state index >= 15 is 0 Å². The fourth-order valence-corrected chi connectivity index (χ4v) is 4.79. The van der Waals surface area contributed by atoms with E-state index in [1.807, 2.05) is 13.1 Å². The summed E-state index contributed by atoms with van der Waals surface area (Å²) in [6, 6.07) is 3.80. The van der Waals surface area contributed by atoms with Gasteiger partial charge in [0, 0.05) is 30.9 Å². The minimum absolute atomic E-state index is 0.00833. The van der Waals surface area contributed by atoms with Crippen molar-refractivity contribution in [3.8, 4) is 11.5 Å². The van der Waals surface area contributed by atoms with Crippen LogP contribution in [0.1, 0.15) is 31.4 Å². The van der Waals surface area contributed by atoms with Crippen molar-refractivity contribution < 1.29 is 28.6 Å².